The molecular formula is C16H18N4O2. The average Bonchev–Trinajstić information content (AvgIpc) is 3.14. The molecule has 0 fully saturated rings. The van der Waals surface area contributed by atoms with Crippen LogP contribution >= 0.6 is 0 Å². The standard InChI is InChI=1S/C16H18N4O2/c1-10-5-4-6-13-12(3)15(22-14(10)13)16(21)18-7-11(2)20-9-17-8-19-20/h4-6,8-9,11H,7H2,1-3H3,(H,18,21). The van der Waals surface area contributed by atoms with Gasteiger partial charge < -0.3 is 9.73 Å². The molecule has 114 valence electrons. The van der Waals surface area contributed by atoms with Crippen LogP contribution in [0.15, 0.2) is 35.3 Å². The summed E-state index contributed by atoms with van der Waals surface area (Å²) in [6, 6.07) is 5.93. The van der Waals surface area contributed by atoms with Crippen LogP contribution in [-0.4, -0.2) is 27.2 Å². The van der Waals surface area contributed by atoms with Crippen LogP contribution in [0.4, 0.5) is 0 Å². The first-order valence-electron chi connectivity index (χ1n) is 7.19. The fourth-order valence-corrected chi connectivity index (χ4v) is 2.46. The summed E-state index contributed by atoms with van der Waals surface area (Å²) in [5.41, 5.74) is 2.66. The molecule has 3 rings (SSSR count). The van der Waals surface area contributed by atoms with Crippen molar-refractivity contribution in [3.05, 3.63) is 47.7 Å². The summed E-state index contributed by atoms with van der Waals surface area (Å²) in [6.07, 6.45) is 3.11. The number of nitrogens with one attached hydrogen (secondary N) is 1. The number of nitrogens with zero attached hydrogens (tertiary/aromatic N) is 3. The van der Waals surface area contributed by atoms with Gasteiger partial charge in [-0.05, 0) is 26.3 Å². The van der Waals surface area contributed by atoms with Crippen molar-refractivity contribution in [1.29, 1.82) is 0 Å². The molecule has 0 aliphatic carbocycles. The lowest BCUT2D eigenvalue weighted by Gasteiger charge is -2.11. The summed E-state index contributed by atoms with van der Waals surface area (Å²) >= 11 is 0. The Labute approximate surface area is 128 Å². The highest BCUT2D eigenvalue weighted by molar-refractivity contribution is 5.99. The number of hydrogen-bond acceptors (Lipinski definition) is 4. The number of carbonyl (C=O) groups excluding carboxylic acids is 1. The lowest BCUT2D eigenvalue weighted by molar-refractivity contribution is 0.0921. The molecular weight excluding hydrogens is 280 g/mol. The Kier molecular flexibility index (Phi) is 3.66. The van der Waals surface area contributed by atoms with Gasteiger partial charge in [0.15, 0.2) is 5.76 Å². The molecule has 0 aliphatic heterocycles. The van der Waals surface area contributed by atoms with E-state index in [1.165, 1.54) is 6.33 Å². The maximum Gasteiger partial charge on any atom is 0.287 e. The SMILES string of the molecule is Cc1c(C(=O)NCC(C)n2cncn2)oc2c(C)cccc12. The topological polar surface area (TPSA) is 73.0 Å². The number of carbonyl (C=O) groups is 1. The molecule has 0 spiro atoms. The Morgan fingerprint density at radius 2 is 2.23 bits per heavy atom. The van der Waals surface area contributed by atoms with Crippen LogP contribution in [0.5, 0.6) is 0 Å². The maximum absolute atomic E-state index is 12.4. The molecule has 3 aromatic rings. The molecule has 0 aliphatic rings. The van der Waals surface area contributed by atoms with Crippen molar-refractivity contribution in [1.82, 2.24) is 20.1 Å². The van der Waals surface area contributed by atoms with E-state index < -0.39 is 0 Å². The number of benzene rings is 1. The lowest BCUT2D eigenvalue weighted by atomic mass is 10.1. The van der Waals surface area contributed by atoms with Crippen LogP contribution in [0.2, 0.25) is 0 Å². The summed E-state index contributed by atoms with van der Waals surface area (Å²) in [6.45, 7) is 6.29. The molecule has 0 saturated carbocycles. The molecule has 0 saturated heterocycles. The van der Waals surface area contributed by atoms with E-state index in [1.54, 1.807) is 11.0 Å². The van der Waals surface area contributed by atoms with Gasteiger partial charge in [0.1, 0.15) is 18.2 Å². The van der Waals surface area contributed by atoms with Crippen molar-refractivity contribution >= 4 is 16.9 Å². The third kappa shape index (κ3) is 2.47. The van der Waals surface area contributed by atoms with Crippen molar-refractivity contribution in [2.24, 2.45) is 0 Å². The Morgan fingerprint density at radius 1 is 1.41 bits per heavy atom. The number of furan rings is 1. The van der Waals surface area contributed by atoms with E-state index >= 15 is 0 Å². The highest BCUT2D eigenvalue weighted by atomic mass is 16.3. The minimum Gasteiger partial charge on any atom is -0.450 e. The van der Waals surface area contributed by atoms with E-state index in [1.807, 2.05) is 39.0 Å². The number of fused-ring (bicyclic) bond motifs is 1. The largest absolute Gasteiger partial charge is 0.450 e. The van der Waals surface area contributed by atoms with Crippen molar-refractivity contribution in [3.63, 3.8) is 0 Å². The molecule has 1 unspecified atom stereocenters. The molecule has 22 heavy (non-hydrogen) atoms. The highest BCUT2D eigenvalue weighted by Crippen LogP contribution is 2.27. The van der Waals surface area contributed by atoms with Gasteiger partial charge in [0.2, 0.25) is 0 Å². The quantitative estimate of drug-likeness (QED) is 0.803. The fraction of sp³-hybridized carbons (Fsp3) is 0.312. The molecule has 2 aromatic heterocycles. The second-order valence-electron chi connectivity index (χ2n) is 5.44. The summed E-state index contributed by atoms with van der Waals surface area (Å²) in [5.74, 6) is 0.162. The highest BCUT2D eigenvalue weighted by Gasteiger charge is 2.19. The van der Waals surface area contributed by atoms with Crippen LogP contribution in [0.25, 0.3) is 11.0 Å². The van der Waals surface area contributed by atoms with Gasteiger partial charge in [-0.25, -0.2) is 9.67 Å². The molecule has 1 amide bonds. The minimum atomic E-state index is -0.208. The van der Waals surface area contributed by atoms with Crippen LogP contribution in [0.1, 0.15) is 34.6 Å². The number of aryl methyl sites for hydroxylation is 2. The van der Waals surface area contributed by atoms with Crippen molar-refractivity contribution < 1.29 is 9.21 Å². The van der Waals surface area contributed by atoms with Gasteiger partial charge in [-0.2, -0.15) is 5.10 Å². The number of aromatic nitrogens is 3. The monoisotopic (exact) mass is 298 g/mol. The number of amides is 1. The number of hydrogen-bond donors (Lipinski definition) is 1. The van der Waals surface area contributed by atoms with Gasteiger partial charge in [0.25, 0.3) is 5.91 Å². The molecule has 6 nitrogen and oxygen atoms in total. The van der Waals surface area contributed by atoms with Crippen LogP contribution in [0.3, 0.4) is 0 Å². The first-order chi connectivity index (χ1) is 10.6. The summed E-state index contributed by atoms with van der Waals surface area (Å²) < 4.78 is 7.47. The van der Waals surface area contributed by atoms with Crippen LogP contribution in [-0.2, 0) is 0 Å². The predicted octanol–water partition coefficient (Wildman–Crippen LogP) is 2.63. The molecule has 2 heterocycles. The van der Waals surface area contributed by atoms with Gasteiger partial charge in [-0.15, -0.1) is 0 Å². The van der Waals surface area contributed by atoms with E-state index in [9.17, 15) is 4.79 Å². The molecule has 0 radical (unpaired) electrons. The predicted molar refractivity (Wildman–Crippen MR) is 82.8 cm³/mol. The van der Waals surface area contributed by atoms with Gasteiger partial charge in [0.05, 0.1) is 6.04 Å². The van der Waals surface area contributed by atoms with E-state index in [4.69, 9.17) is 4.42 Å². The van der Waals surface area contributed by atoms with Gasteiger partial charge >= 0.3 is 0 Å². The van der Waals surface area contributed by atoms with E-state index in [-0.39, 0.29) is 11.9 Å². The summed E-state index contributed by atoms with van der Waals surface area (Å²) in [7, 11) is 0. The summed E-state index contributed by atoms with van der Waals surface area (Å²) in [4.78, 5) is 16.3. The summed E-state index contributed by atoms with van der Waals surface area (Å²) in [5, 5.41) is 7.93. The van der Waals surface area contributed by atoms with E-state index in [2.05, 4.69) is 15.4 Å². The second-order valence-corrected chi connectivity index (χ2v) is 5.44. The van der Waals surface area contributed by atoms with E-state index in [0.717, 1.165) is 22.1 Å². The van der Waals surface area contributed by atoms with Gasteiger partial charge in [0, 0.05) is 17.5 Å². The van der Waals surface area contributed by atoms with Crippen molar-refractivity contribution in [3.8, 4) is 0 Å². The number of para-hydroxylation sites is 1. The fourth-order valence-electron chi connectivity index (χ4n) is 2.46. The Hall–Kier alpha value is -2.63. The third-order valence-electron chi connectivity index (χ3n) is 3.81. The first-order valence-corrected chi connectivity index (χ1v) is 7.19. The van der Waals surface area contributed by atoms with Crippen LogP contribution in [0, 0.1) is 13.8 Å². The molecule has 6 heteroatoms. The Morgan fingerprint density at radius 3 is 2.91 bits per heavy atom. The van der Waals surface area contributed by atoms with Crippen molar-refractivity contribution in [2.75, 3.05) is 6.54 Å². The zero-order valence-corrected chi connectivity index (χ0v) is 12.8. The van der Waals surface area contributed by atoms with Crippen LogP contribution < -0.4 is 5.32 Å². The molecule has 1 N–H and O–H groups in total. The zero-order chi connectivity index (χ0) is 15.7. The Balaban J connectivity index is 1.78. The van der Waals surface area contributed by atoms with Crippen molar-refractivity contribution in [2.45, 2.75) is 26.8 Å². The maximum atomic E-state index is 12.4. The zero-order valence-electron chi connectivity index (χ0n) is 12.8. The van der Waals surface area contributed by atoms with Gasteiger partial charge in [-0.3, -0.25) is 4.79 Å². The molecule has 1 atom stereocenters. The first kappa shape index (κ1) is 14.3. The Bertz CT molecular complexity index is 805. The van der Waals surface area contributed by atoms with E-state index in [0.29, 0.717) is 12.3 Å². The third-order valence-corrected chi connectivity index (χ3v) is 3.81. The normalized spacial score (nSPS) is 12.5. The minimum absolute atomic E-state index is 0.0258. The smallest absolute Gasteiger partial charge is 0.287 e. The van der Waals surface area contributed by atoms with Gasteiger partial charge in [-0.1, -0.05) is 18.2 Å². The lowest BCUT2D eigenvalue weighted by Crippen LogP contribution is -2.29. The molecule has 1 aromatic carbocycles. The average molecular weight is 298 g/mol. The molecule has 0 bridgehead atoms. The second kappa shape index (κ2) is 5.63. The number of rotatable bonds is 4.